The largest absolute Gasteiger partial charge is 0.486 e. The van der Waals surface area contributed by atoms with Crippen LogP contribution in [0.2, 0.25) is 0 Å². The van der Waals surface area contributed by atoms with Gasteiger partial charge in [-0.2, -0.15) is 0 Å². The summed E-state index contributed by atoms with van der Waals surface area (Å²) >= 11 is 3.42. The van der Waals surface area contributed by atoms with Crippen LogP contribution in [0.25, 0.3) is 0 Å². The first kappa shape index (κ1) is 14.3. The second kappa shape index (κ2) is 5.38. The van der Waals surface area contributed by atoms with E-state index in [0.29, 0.717) is 22.6 Å². The first-order valence-electron chi connectivity index (χ1n) is 7.18. The van der Waals surface area contributed by atoms with Crippen LogP contribution in [0, 0.1) is 0 Å². The molecule has 0 saturated carbocycles. The number of imide groups is 1. The summed E-state index contributed by atoms with van der Waals surface area (Å²) in [4.78, 5) is 26.0. The molecule has 5 nitrogen and oxygen atoms in total. The number of ether oxygens (including phenoxy) is 2. The summed E-state index contributed by atoms with van der Waals surface area (Å²) < 4.78 is 12.4. The van der Waals surface area contributed by atoms with Crippen molar-refractivity contribution in [2.45, 2.75) is 6.10 Å². The van der Waals surface area contributed by atoms with Crippen LogP contribution in [0.15, 0.2) is 46.9 Å². The molecule has 0 spiro atoms. The van der Waals surface area contributed by atoms with Crippen molar-refractivity contribution in [1.82, 2.24) is 4.90 Å². The van der Waals surface area contributed by atoms with Gasteiger partial charge < -0.3 is 9.47 Å². The Morgan fingerprint density at radius 3 is 2.43 bits per heavy atom. The van der Waals surface area contributed by atoms with Gasteiger partial charge in [0.15, 0.2) is 17.6 Å². The molecule has 4 rings (SSSR count). The minimum atomic E-state index is -0.400. The fraction of sp³-hybridized carbons (Fsp3) is 0.176. The lowest BCUT2D eigenvalue weighted by molar-refractivity contribution is 0.0427. The number of halogens is 1. The van der Waals surface area contributed by atoms with Crippen LogP contribution in [-0.2, 0) is 0 Å². The van der Waals surface area contributed by atoms with Crippen molar-refractivity contribution in [3.8, 4) is 11.5 Å². The molecular weight excluding hydrogens is 362 g/mol. The van der Waals surface area contributed by atoms with Gasteiger partial charge in [-0.05, 0) is 40.2 Å². The average molecular weight is 374 g/mol. The fourth-order valence-electron chi connectivity index (χ4n) is 2.80. The summed E-state index contributed by atoms with van der Waals surface area (Å²) in [6, 6.07) is 12.4. The summed E-state index contributed by atoms with van der Waals surface area (Å²) in [5, 5.41) is 0. The van der Waals surface area contributed by atoms with E-state index in [4.69, 9.17) is 9.47 Å². The first-order chi connectivity index (χ1) is 11.1. The molecule has 0 radical (unpaired) electrons. The topological polar surface area (TPSA) is 55.8 Å². The third-order valence-electron chi connectivity index (χ3n) is 3.90. The van der Waals surface area contributed by atoms with Gasteiger partial charge in [-0.15, -0.1) is 0 Å². The second-order valence-electron chi connectivity index (χ2n) is 5.38. The molecule has 6 heteroatoms. The summed E-state index contributed by atoms with van der Waals surface area (Å²) in [6.07, 6.45) is -0.400. The van der Waals surface area contributed by atoms with Crippen LogP contribution in [0.1, 0.15) is 20.7 Å². The van der Waals surface area contributed by atoms with Crippen LogP contribution >= 0.6 is 15.9 Å². The lowest BCUT2D eigenvalue weighted by Gasteiger charge is -2.29. The van der Waals surface area contributed by atoms with E-state index >= 15 is 0 Å². The van der Waals surface area contributed by atoms with Crippen molar-refractivity contribution < 1.29 is 19.1 Å². The van der Waals surface area contributed by atoms with E-state index in [0.717, 1.165) is 4.47 Å². The highest BCUT2D eigenvalue weighted by Gasteiger charge is 2.38. The Balaban J connectivity index is 1.56. The summed E-state index contributed by atoms with van der Waals surface area (Å²) in [7, 11) is 0. The number of rotatable bonds is 2. The summed E-state index contributed by atoms with van der Waals surface area (Å²) in [5.41, 5.74) is 0.881. The normalized spacial score (nSPS) is 19.0. The standard InChI is InChI=1S/C17H12BrNO4/c18-13-6-3-7-14-15(13)23-10(9-22-14)8-19-16(20)11-4-1-2-5-12(11)17(19)21/h1-7,10H,8-9H2/t10-/m0/s1. The molecule has 23 heavy (non-hydrogen) atoms. The molecule has 0 aromatic heterocycles. The van der Waals surface area contributed by atoms with Crippen molar-refractivity contribution in [2.75, 3.05) is 13.2 Å². The molecule has 0 aliphatic carbocycles. The maximum atomic E-state index is 12.4. The summed E-state index contributed by atoms with van der Waals surface area (Å²) in [6.45, 7) is 0.448. The highest BCUT2D eigenvalue weighted by molar-refractivity contribution is 9.10. The molecule has 2 aromatic rings. The van der Waals surface area contributed by atoms with Gasteiger partial charge in [0.1, 0.15) is 6.61 Å². The number of para-hydroxylation sites is 1. The van der Waals surface area contributed by atoms with Gasteiger partial charge in [-0.1, -0.05) is 18.2 Å². The van der Waals surface area contributed by atoms with Crippen LogP contribution in [0.3, 0.4) is 0 Å². The Kier molecular flexibility index (Phi) is 3.34. The van der Waals surface area contributed by atoms with Gasteiger partial charge in [0, 0.05) is 0 Å². The number of fused-ring (bicyclic) bond motifs is 2. The number of carbonyl (C=O) groups excluding carboxylic acids is 2. The van der Waals surface area contributed by atoms with Crippen molar-refractivity contribution in [3.63, 3.8) is 0 Å². The summed E-state index contributed by atoms with van der Waals surface area (Å²) in [5.74, 6) is 0.678. The van der Waals surface area contributed by atoms with Crippen LogP contribution < -0.4 is 9.47 Å². The minimum Gasteiger partial charge on any atom is -0.486 e. The number of benzene rings is 2. The molecule has 2 aliphatic rings. The monoisotopic (exact) mass is 373 g/mol. The second-order valence-corrected chi connectivity index (χ2v) is 6.24. The first-order valence-corrected chi connectivity index (χ1v) is 7.97. The van der Waals surface area contributed by atoms with Gasteiger partial charge >= 0.3 is 0 Å². The molecule has 2 amide bonds. The highest BCUT2D eigenvalue weighted by atomic mass is 79.9. The smallest absolute Gasteiger partial charge is 0.261 e. The molecule has 0 saturated heterocycles. The van der Waals surface area contributed by atoms with Crippen molar-refractivity contribution in [3.05, 3.63) is 58.1 Å². The predicted molar refractivity (Wildman–Crippen MR) is 85.9 cm³/mol. The quantitative estimate of drug-likeness (QED) is 0.759. The van der Waals surface area contributed by atoms with Gasteiger partial charge in [-0.3, -0.25) is 14.5 Å². The van der Waals surface area contributed by atoms with Crippen molar-refractivity contribution >= 4 is 27.7 Å². The molecule has 2 aliphatic heterocycles. The Labute approximate surface area is 140 Å². The van der Waals surface area contributed by atoms with Gasteiger partial charge in [0.2, 0.25) is 0 Å². The molecule has 2 aromatic carbocycles. The maximum Gasteiger partial charge on any atom is 0.261 e. The number of amides is 2. The molecule has 1 atom stereocenters. The average Bonchev–Trinajstić information content (AvgIpc) is 2.81. The lowest BCUT2D eigenvalue weighted by atomic mass is 10.1. The molecule has 0 fully saturated rings. The Morgan fingerprint density at radius 2 is 1.74 bits per heavy atom. The van der Waals surface area contributed by atoms with Gasteiger partial charge in [0.05, 0.1) is 22.1 Å². The molecule has 116 valence electrons. The number of nitrogens with zero attached hydrogens (tertiary/aromatic N) is 1. The van der Waals surface area contributed by atoms with E-state index in [1.165, 1.54) is 4.90 Å². The van der Waals surface area contributed by atoms with E-state index in [2.05, 4.69) is 15.9 Å². The predicted octanol–water partition coefficient (Wildman–Crippen LogP) is 2.89. The van der Waals surface area contributed by atoms with E-state index in [1.54, 1.807) is 24.3 Å². The molecule has 0 N–H and O–H groups in total. The van der Waals surface area contributed by atoms with Crippen LogP contribution in [0.4, 0.5) is 0 Å². The minimum absolute atomic E-state index is 0.160. The Morgan fingerprint density at radius 1 is 1.04 bits per heavy atom. The molecule has 0 bridgehead atoms. The SMILES string of the molecule is O=C1c2ccccc2C(=O)N1C[C@H]1COc2cccc(Br)c2O1. The zero-order valence-corrected chi connectivity index (χ0v) is 13.6. The Hall–Kier alpha value is -2.34. The fourth-order valence-corrected chi connectivity index (χ4v) is 3.24. The third-order valence-corrected chi connectivity index (χ3v) is 4.53. The maximum absolute atomic E-state index is 12.4. The van der Waals surface area contributed by atoms with Crippen molar-refractivity contribution in [1.29, 1.82) is 0 Å². The Bertz CT molecular complexity index is 785. The van der Waals surface area contributed by atoms with E-state index in [1.807, 2.05) is 18.2 Å². The zero-order valence-electron chi connectivity index (χ0n) is 12.0. The number of hydrogen-bond donors (Lipinski definition) is 0. The molecule has 2 heterocycles. The highest BCUT2D eigenvalue weighted by Crippen LogP contribution is 2.38. The van der Waals surface area contributed by atoms with E-state index in [-0.39, 0.29) is 25.0 Å². The number of hydrogen-bond acceptors (Lipinski definition) is 4. The van der Waals surface area contributed by atoms with Crippen LogP contribution in [-0.4, -0.2) is 36.0 Å². The lowest BCUT2D eigenvalue weighted by Crippen LogP contribution is -2.43. The van der Waals surface area contributed by atoms with Gasteiger partial charge in [-0.25, -0.2) is 0 Å². The molecular formula is C17H12BrNO4. The molecule has 0 unspecified atom stereocenters. The van der Waals surface area contributed by atoms with Crippen molar-refractivity contribution in [2.24, 2.45) is 0 Å². The van der Waals surface area contributed by atoms with E-state index < -0.39 is 6.10 Å². The van der Waals surface area contributed by atoms with E-state index in [9.17, 15) is 9.59 Å². The van der Waals surface area contributed by atoms with Gasteiger partial charge in [0.25, 0.3) is 11.8 Å². The third kappa shape index (κ3) is 2.30. The number of carbonyl (C=O) groups is 2. The van der Waals surface area contributed by atoms with Crippen LogP contribution in [0.5, 0.6) is 11.5 Å². The zero-order chi connectivity index (χ0) is 16.0.